The minimum Gasteiger partial charge on any atom is -0.397 e. The molecule has 0 saturated heterocycles. The van der Waals surface area contributed by atoms with Gasteiger partial charge in [-0.3, -0.25) is 19.9 Å². The number of rotatable bonds is 0. The molecule has 6 heteroatoms. The number of aromatic nitrogens is 4. The predicted octanol–water partition coefficient (Wildman–Crippen LogP) is 4.72. The second kappa shape index (κ2) is 9.07. The topological polar surface area (TPSA) is 77.6 Å². The number of nitrogen functional groups attached to an aromatic ring is 1. The van der Waals surface area contributed by atoms with Crippen LogP contribution < -0.4 is 5.73 Å². The van der Waals surface area contributed by atoms with E-state index in [0.717, 1.165) is 25.6 Å². The molecule has 0 aliphatic heterocycles. The molecule has 2 N–H and O–H groups in total. The lowest BCUT2D eigenvalue weighted by atomic mass is 10.3. The first-order valence-corrected chi connectivity index (χ1v) is 7.63. The van der Waals surface area contributed by atoms with Crippen molar-refractivity contribution >= 4 is 50.3 Å². The van der Waals surface area contributed by atoms with Gasteiger partial charge in [0.1, 0.15) is 0 Å². The molecule has 0 aliphatic carbocycles. The smallest absolute Gasteiger partial charge is 0.0907 e. The quantitative estimate of drug-likeness (QED) is 0.406. The summed E-state index contributed by atoms with van der Waals surface area (Å²) < 4.78 is 1.12. The van der Waals surface area contributed by atoms with E-state index in [1.165, 1.54) is 0 Å². The maximum atomic E-state index is 5.52. The van der Waals surface area contributed by atoms with Crippen LogP contribution in [0.3, 0.4) is 0 Å². The first-order chi connectivity index (χ1) is 10.7. The van der Waals surface area contributed by atoms with Gasteiger partial charge in [-0.05, 0) is 59.0 Å². The van der Waals surface area contributed by atoms with Gasteiger partial charge in [-0.1, -0.05) is 14.9 Å². The van der Waals surface area contributed by atoms with Gasteiger partial charge in [-0.25, -0.2) is 0 Å². The molecule has 4 rings (SSSR count). The summed E-state index contributed by atoms with van der Waals surface area (Å²) in [6, 6.07) is 11.4. The van der Waals surface area contributed by atoms with E-state index >= 15 is 0 Å². The Bertz CT molecular complexity index is 850. The summed E-state index contributed by atoms with van der Waals surface area (Å²) in [7, 11) is 0. The molecule has 4 heterocycles. The average Bonchev–Trinajstić information content (AvgIpc) is 2.55. The lowest BCUT2D eigenvalue weighted by Gasteiger charge is -1.95. The van der Waals surface area contributed by atoms with Crippen molar-refractivity contribution in [3.8, 4) is 0 Å². The maximum absolute atomic E-state index is 5.52. The normalized spacial score (nSPS) is 9.38. The van der Waals surface area contributed by atoms with Crippen molar-refractivity contribution in [1.82, 2.24) is 19.9 Å². The summed E-state index contributed by atoms with van der Waals surface area (Å²) in [4.78, 5) is 16.6. The number of halogens is 1. The van der Waals surface area contributed by atoms with Crippen LogP contribution in [0.2, 0.25) is 0 Å². The SMILES string of the molecule is C.C.Ic1cnc2cccnc2c1.Nc1cnc2cccnc2c1. The number of hydrogen-bond donors (Lipinski definition) is 1. The lowest BCUT2D eigenvalue weighted by molar-refractivity contribution is 1.32. The highest BCUT2D eigenvalue weighted by molar-refractivity contribution is 14.1. The van der Waals surface area contributed by atoms with Crippen molar-refractivity contribution in [1.29, 1.82) is 0 Å². The molecule has 0 aliphatic rings. The van der Waals surface area contributed by atoms with Gasteiger partial charge in [-0.15, -0.1) is 0 Å². The largest absolute Gasteiger partial charge is 0.397 e. The van der Waals surface area contributed by atoms with E-state index in [2.05, 4.69) is 42.5 Å². The molecular weight excluding hydrogens is 413 g/mol. The molecule has 4 aromatic heterocycles. The fraction of sp³-hybridized carbons (Fsp3) is 0.111. The van der Waals surface area contributed by atoms with Gasteiger partial charge in [0.15, 0.2) is 0 Å². The monoisotopic (exact) mass is 433 g/mol. The molecule has 0 amide bonds. The molecule has 4 aromatic rings. The van der Waals surface area contributed by atoms with E-state index in [1.54, 1.807) is 18.6 Å². The van der Waals surface area contributed by atoms with Gasteiger partial charge < -0.3 is 5.73 Å². The zero-order valence-electron chi connectivity index (χ0n) is 11.5. The fourth-order valence-corrected chi connectivity index (χ4v) is 2.33. The maximum Gasteiger partial charge on any atom is 0.0907 e. The number of nitrogens with two attached hydrogens (primary N) is 1. The Morgan fingerprint density at radius 1 is 0.708 bits per heavy atom. The summed E-state index contributed by atoms with van der Waals surface area (Å²) in [5.41, 5.74) is 9.80. The summed E-state index contributed by atoms with van der Waals surface area (Å²) >= 11 is 2.23. The molecule has 0 spiro atoms. The summed E-state index contributed by atoms with van der Waals surface area (Å²) in [6.45, 7) is 0. The molecule has 0 fully saturated rings. The third-order valence-electron chi connectivity index (χ3n) is 2.89. The highest BCUT2D eigenvalue weighted by Gasteiger charge is 1.94. The Morgan fingerprint density at radius 2 is 1.25 bits per heavy atom. The van der Waals surface area contributed by atoms with Crippen LogP contribution in [0, 0.1) is 3.57 Å². The van der Waals surface area contributed by atoms with Gasteiger partial charge in [-0.2, -0.15) is 0 Å². The molecule has 0 aromatic carbocycles. The van der Waals surface area contributed by atoms with Gasteiger partial charge in [0.2, 0.25) is 0 Å². The number of anilines is 1. The van der Waals surface area contributed by atoms with Crippen molar-refractivity contribution in [3.05, 3.63) is 64.8 Å². The number of hydrogen-bond acceptors (Lipinski definition) is 5. The zero-order valence-corrected chi connectivity index (χ0v) is 13.7. The van der Waals surface area contributed by atoms with Crippen LogP contribution in [0.4, 0.5) is 5.69 Å². The van der Waals surface area contributed by atoms with Crippen LogP contribution in [0.1, 0.15) is 14.9 Å². The third kappa shape index (κ3) is 4.82. The number of pyridine rings is 4. The average molecular weight is 433 g/mol. The highest BCUT2D eigenvalue weighted by atomic mass is 127. The molecule has 0 atom stereocenters. The van der Waals surface area contributed by atoms with Crippen molar-refractivity contribution < 1.29 is 0 Å². The van der Waals surface area contributed by atoms with Crippen molar-refractivity contribution in [2.75, 3.05) is 5.73 Å². The standard InChI is InChI=1S/C8H5IN2.C8H7N3.2CH4/c2*9-6-4-8-7(11-5-6)2-1-3-10-8;;/h1-5H;1-5H,9H2;2*1H4. The summed E-state index contributed by atoms with van der Waals surface area (Å²) in [5.74, 6) is 0. The molecule has 0 saturated carbocycles. The van der Waals surface area contributed by atoms with E-state index in [4.69, 9.17) is 5.73 Å². The van der Waals surface area contributed by atoms with E-state index in [-0.39, 0.29) is 14.9 Å². The van der Waals surface area contributed by atoms with Crippen molar-refractivity contribution in [2.45, 2.75) is 14.9 Å². The summed E-state index contributed by atoms with van der Waals surface area (Å²) in [6.07, 6.45) is 6.97. The molecular formula is C18H20IN5. The Morgan fingerprint density at radius 3 is 1.88 bits per heavy atom. The second-order valence-electron chi connectivity index (χ2n) is 4.51. The number of fused-ring (bicyclic) bond motifs is 2. The predicted molar refractivity (Wildman–Crippen MR) is 110 cm³/mol. The minimum atomic E-state index is 0. The Hall–Kier alpha value is -2.35. The molecule has 0 bridgehead atoms. The van der Waals surface area contributed by atoms with Crippen LogP contribution in [-0.2, 0) is 0 Å². The van der Waals surface area contributed by atoms with Gasteiger partial charge in [0.25, 0.3) is 0 Å². The second-order valence-corrected chi connectivity index (χ2v) is 5.75. The van der Waals surface area contributed by atoms with E-state index in [1.807, 2.05) is 42.6 Å². The first-order valence-electron chi connectivity index (χ1n) is 6.55. The lowest BCUT2D eigenvalue weighted by Crippen LogP contribution is -1.87. The van der Waals surface area contributed by atoms with Gasteiger partial charge in [0.05, 0.1) is 34.0 Å². The molecule has 24 heavy (non-hydrogen) atoms. The van der Waals surface area contributed by atoms with Crippen LogP contribution in [0.5, 0.6) is 0 Å². The Balaban J connectivity index is 0.000000222. The van der Waals surface area contributed by atoms with Crippen LogP contribution >= 0.6 is 22.6 Å². The van der Waals surface area contributed by atoms with Crippen LogP contribution in [0.25, 0.3) is 22.1 Å². The first kappa shape index (κ1) is 19.7. The van der Waals surface area contributed by atoms with Crippen molar-refractivity contribution in [3.63, 3.8) is 0 Å². The molecule has 0 unspecified atom stereocenters. The third-order valence-corrected chi connectivity index (χ3v) is 3.48. The molecule has 0 radical (unpaired) electrons. The molecule has 124 valence electrons. The van der Waals surface area contributed by atoms with Gasteiger partial charge in [0, 0.05) is 22.2 Å². The highest BCUT2D eigenvalue weighted by Crippen LogP contribution is 2.11. The number of nitrogens with zero attached hydrogens (tertiary/aromatic N) is 4. The minimum absolute atomic E-state index is 0. The van der Waals surface area contributed by atoms with E-state index in [9.17, 15) is 0 Å². The van der Waals surface area contributed by atoms with Crippen molar-refractivity contribution in [2.24, 2.45) is 0 Å². The summed E-state index contributed by atoms with van der Waals surface area (Å²) in [5, 5.41) is 0. The Labute approximate surface area is 155 Å². The van der Waals surface area contributed by atoms with Crippen LogP contribution in [-0.4, -0.2) is 19.9 Å². The fourth-order valence-electron chi connectivity index (χ4n) is 1.90. The Kier molecular flexibility index (Phi) is 7.44. The zero-order chi connectivity index (χ0) is 15.4. The van der Waals surface area contributed by atoms with E-state index < -0.39 is 0 Å². The van der Waals surface area contributed by atoms with Gasteiger partial charge >= 0.3 is 0 Å². The van der Waals surface area contributed by atoms with E-state index in [0.29, 0.717) is 5.69 Å². The molecule has 5 nitrogen and oxygen atoms in total. The van der Waals surface area contributed by atoms with Crippen LogP contribution in [0.15, 0.2) is 61.2 Å².